The number of fused-ring (bicyclic) bond motifs is 1. The summed E-state index contributed by atoms with van der Waals surface area (Å²) in [5.41, 5.74) is 1.29. The zero-order valence-corrected chi connectivity index (χ0v) is 15.9. The predicted octanol–water partition coefficient (Wildman–Crippen LogP) is 4.70. The summed E-state index contributed by atoms with van der Waals surface area (Å²) >= 11 is 0. The number of benzene rings is 2. The van der Waals surface area contributed by atoms with Gasteiger partial charge in [-0.15, -0.1) is 23.4 Å². The van der Waals surface area contributed by atoms with E-state index < -0.39 is 6.36 Å². The Bertz CT molecular complexity index is 991. The van der Waals surface area contributed by atoms with Gasteiger partial charge < -0.3 is 15.0 Å². The molecular formula is C21H21F3N4O. The molecule has 1 N–H and O–H groups in total. The van der Waals surface area contributed by atoms with Gasteiger partial charge in [0.1, 0.15) is 11.4 Å². The number of ether oxygens (including phenoxy) is 1. The Morgan fingerprint density at radius 2 is 1.76 bits per heavy atom. The lowest BCUT2D eigenvalue weighted by Crippen LogP contribution is -2.40. The first kappa shape index (κ1) is 19.4. The Kier molecular flexibility index (Phi) is 5.27. The van der Waals surface area contributed by atoms with Crippen LogP contribution in [0.3, 0.4) is 0 Å². The zero-order valence-electron chi connectivity index (χ0n) is 15.9. The standard InChI is InChI=1S/C21H21F3N4O/c1-28-12-4-5-15(13-28)25-20-18-7-3-2-6-17(18)19(26-27-20)14-8-10-16(11-9-14)29-21(22,23)24/h2-3,6-11,15H,4-5,12-13H2,1H3,(H,25,27). The van der Waals surface area contributed by atoms with Gasteiger partial charge in [-0.05, 0) is 50.7 Å². The monoisotopic (exact) mass is 402 g/mol. The van der Waals surface area contributed by atoms with E-state index in [1.807, 2.05) is 24.3 Å². The first-order chi connectivity index (χ1) is 13.9. The van der Waals surface area contributed by atoms with Crippen molar-refractivity contribution in [2.24, 2.45) is 0 Å². The van der Waals surface area contributed by atoms with E-state index in [1.165, 1.54) is 12.1 Å². The largest absolute Gasteiger partial charge is 0.573 e. The van der Waals surface area contributed by atoms with E-state index in [9.17, 15) is 13.2 Å². The highest BCUT2D eigenvalue weighted by Gasteiger charge is 2.31. The third-order valence-electron chi connectivity index (χ3n) is 5.01. The van der Waals surface area contributed by atoms with Crippen LogP contribution in [0.25, 0.3) is 22.0 Å². The average Bonchev–Trinajstić information content (AvgIpc) is 2.68. The summed E-state index contributed by atoms with van der Waals surface area (Å²) in [6.07, 6.45) is -2.51. The van der Waals surface area contributed by atoms with Gasteiger partial charge in [0.15, 0.2) is 5.82 Å². The van der Waals surface area contributed by atoms with Crippen LogP contribution in [0, 0.1) is 0 Å². The fourth-order valence-corrected chi connectivity index (χ4v) is 3.72. The molecule has 29 heavy (non-hydrogen) atoms. The molecule has 0 radical (unpaired) electrons. The molecule has 1 saturated heterocycles. The highest BCUT2D eigenvalue weighted by Crippen LogP contribution is 2.32. The van der Waals surface area contributed by atoms with Crippen molar-refractivity contribution in [2.75, 3.05) is 25.5 Å². The van der Waals surface area contributed by atoms with Crippen LogP contribution in [0.5, 0.6) is 5.75 Å². The highest BCUT2D eigenvalue weighted by atomic mass is 19.4. The van der Waals surface area contributed by atoms with Crippen LogP contribution >= 0.6 is 0 Å². The molecule has 1 aliphatic heterocycles. The van der Waals surface area contributed by atoms with Gasteiger partial charge in [-0.25, -0.2) is 0 Å². The number of hydrogen-bond donors (Lipinski definition) is 1. The van der Waals surface area contributed by atoms with Gasteiger partial charge in [0.2, 0.25) is 0 Å². The lowest BCUT2D eigenvalue weighted by molar-refractivity contribution is -0.274. The highest BCUT2D eigenvalue weighted by molar-refractivity contribution is 6.00. The first-order valence-corrected chi connectivity index (χ1v) is 9.46. The molecule has 1 unspecified atom stereocenters. The van der Waals surface area contributed by atoms with Gasteiger partial charge in [0.05, 0.1) is 0 Å². The second kappa shape index (κ2) is 7.87. The first-order valence-electron chi connectivity index (χ1n) is 9.46. The molecule has 0 spiro atoms. The van der Waals surface area contributed by atoms with E-state index in [-0.39, 0.29) is 5.75 Å². The van der Waals surface area contributed by atoms with Gasteiger partial charge in [0.25, 0.3) is 0 Å². The number of halogens is 3. The Balaban J connectivity index is 1.64. The number of anilines is 1. The SMILES string of the molecule is CN1CCCC(Nc2nnc(-c3ccc(OC(F)(F)F)cc3)c3ccccc23)C1. The molecule has 3 aromatic rings. The van der Waals surface area contributed by atoms with E-state index in [0.29, 0.717) is 17.3 Å². The Hall–Kier alpha value is -2.87. The number of rotatable bonds is 4. The normalized spacial score (nSPS) is 18.0. The lowest BCUT2D eigenvalue weighted by Gasteiger charge is -2.30. The van der Waals surface area contributed by atoms with Crippen molar-refractivity contribution in [1.82, 2.24) is 15.1 Å². The fourth-order valence-electron chi connectivity index (χ4n) is 3.72. The maximum Gasteiger partial charge on any atom is 0.573 e. The number of hydrogen-bond acceptors (Lipinski definition) is 5. The van der Waals surface area contributed by atoms with Crippen molar-refractivity contribution < 1.29 is 17.9 Å². The van der Waals surface area contributed by atoms with Crippen LogP contribution in [0.1, 0.15) is 12.8 Å². The maximum atomic E-state index is 12.4. The molecule has 0 saturated carbocycles. The molecule has 1 aliphatic rings. The lowest BCUT2D eigenvalue weighted by atomic mass is 10.0. The molecule has 152 valence electrons. The van der Waals surface area contributed by atoms with Crippen molar-refractivity contribution in [3.63, 3.8) is 0 Å². The maximum absolute atomic E-state index is 12.4. The molecule has 1 aromatic heterocycles. The molecule has 4 rings (SSSR count). The smallest absolute Gasteiger partial charge is 0.406 e. The molecule has 0 aliphatic carbocycles. The van der Waals surface area contributed by atoms with E-state index in [2.05, 4.69) is 32.2 Å². The van der Waals surface area contributed by atoms with Crippen LogP contribution < -0.4 is 10.1 Å². The van der Waals surface area contributed by atoms with Crippen LogP contribution in [0.2, 0.25) is 0 Å². The molecule has 2 heterocycles. The summed E-state index contributed by atoms with van der Waals surface area (Å²) in [7, 11) is 2.10. The third-order valence-corrected chi connectivity index (χ3v) is 5.01. The van der Waals surface area contributed by atoms with Crippen molar-refractivity contribution in [3.8, 4) is 17.0 Å². The third kappa shape index (κ3) is 4.59. The quantitative estimate of drug-likeness (QED) is 0.686. The van der Waals surface area contributed by atoms with E-state index in [0.717, 1.165) is 42.5 Å². The predicted molar refractivity (Wildman–Crippen MR) is 106 cm³/mol. The van der Waals surface area contributed by atoms with E-state index in [1.54, 1.807) is 12.1 Å². The number of aromatic nitrogens is 2. The van der Waals surface area contributed by atoms with Gasteiger partial charge in [-0.2, -0.15) is 0 Å². The molecular weight excluding hydrogens is 381 g/mol. The van der Waals surface area contributed by atoms with Gasteiger partial charge in [0, 0.05) is 28.9 Å². The van der Waals surface area contributed by atoms with Crippen LogP contribution in [-0.4, -0.2) is 47.6 Å². The van der Waals surface area contributed by atoms with Gasteiger partial charge in [-0.1, -0.05) is 24.3 Å². The molecule has 1 fully saturated rings. The van der Waals surface area contributed by atoms with E-state index in [4.69, 9.17) is 0 Å². The Morgan fingerprint density at radius 3 is 2.45 bits per heavy atom. The number of nitrogens with zero attached hydrogens (tertiary/aromatic N) is 3. The summed E-state index contributed by atoms with van der Waals surface area (Å²) in [6.45, 7) is 2.04. The number of nitrogens with one attached hydrogen (secondary N) is 1. The number of likely N-dealkylation sites (tertiary alicyclic amines) is 1. The van der Waals surface area contributed by atoms with Crippen molar-refractivity contribution >= 4 is 16.6 Å². The second-order valence-corrected chi connectivity index (χ2v) is 7.26. The Labute approximate surface area is 166 Å². The summed E-state index contributed by atoms with van der Waals surface area (Å²) < 4.78 is 41.1. The molecule has 1 atom stereocenters. The minimum absolute atomic E-state index is 0.266. The summed E-state index contributed by atoms with van der Waals surface area (Å²) in [6, 6.07) is 13.7. The van der Waals surface area contributed by atoms with Crippen molar-refractivity contribution in [2.45, 2.75) is 25.2 Å². The summed E-state index contributed by atoms with van der Waals surface area (Å²) in [5.74, 6) is 0.458. The minimum Gasteiger partial charge on any atom is -0.406 e. The molecule has 8 heteroatoms. The number of piperidine rings is 1. The Morgan fingerprint density at radius 1 is 1.03 bits per heavy atom. The van der Waals surface area contributed by atoms with Crippen molar-refractivity contribution in [1.29, 1.82) is 0 Å². The summed E-state index contributed by atoms with van der Waals surface area (Å²) in [4.78, 5) is 2.29. The van der Waals surface area contributed by atoms with E-state index >= 15 is 0 Å². The van der Waals surface area contributed by atoms with Crippen molar-refractivity contribution in [3.05, 3.63) is 48.5 Å². The molecule has 0 amide bonds. The number of likely N-dealkylation sites (N-methyl/N-ethyl adjacent to an activating group) is 1. The molecule has 2 aromatic carbocycles. The molecule has 0 bridgehead atoms. The second-order valence-electron chi connectivity index (χ2n) is 7.26. The van der Waals surface area contributed by atoms with Gasteiger partial charge >= 0.3 is 6.36 Å². The van der Waals surface area contributed by atoms with Crippen LogP contribution in [-0.2, 0) is 0 Å². The average molecular weight is 402 g/mol. The zero-order chi connectivity index (χ0) is 20.4. The van der Waals surface area contributed by atoms with Gasteiger partial charge in [-0.3, -0.25) is 0 Å². The topological polar surface area (TPSA) is 50.3 Å². The minimum atomic E-state index is -4.71. The summed E-state index contributed by atoms with van der Waals surface area (Å²) in [5, 5.41) is 14.1. The number of alkyl halides is 3. The molecule has 5 nitrogen and oxygen atoms in total. The fraction of sp³-hybridized carbons (Fsp3) is 0.333. The van der Waals surface area contributed by atoms with Crippen LogP contribution in [0.4, 0.5) is 19.0 Å². The van der Waals surface area contributed by atoms with Crippen LogP contribution in [0.15, 0.2) is 48.5 Å².